The second kappa shape index (κ2) is 12.7. The number of H-pyrrole nitrogens is 2. The number of aromatic amines is 2. The number of fused-ring (bicyclic) bond motifs is 2. The van der Waals surface area contributed by atoms with Crippen LogP contribution in [0.15, 0.2) is 73.3 Å². The lowest BCUT2D eigenvalue weighted by molar-refractivity contribution is 0.0701. The number of nitrogens with one attached hydrogen (secondary N) is 3. The molecule has 40 heavy (non-hydrogen) atoms. The summed E-state index contributed by atoms with van der Waals surface area (Å²) in [4.78, 5) is 40.6. The number of carboxylic acid groups (broad SMARTS) is 1. The van der Waals surface area contributed by atoms with Crippen LogP contribution < -0.4 is 5.32 Å². The fourth-order valence-electron chi connectivity index (χ4n) is 4.09. The Kier molecular flexibility index (Phi) is 8.65. The van der Waals surface area contributed by atoms with Gasteiger partial charge in [-0.05, 0) is 55.0 Å². The van der Waals surface area contributed by atoms with Gasteiger partial charge in [0.1, 0.15) is 16.2 Å². The number of aromatic nitrogens is 4. The SMILES string of the molecule is C.CCC(CO)NC(=O)c1ccc(-c2ccnc3[nH]ccc23)s1.O=C(O)c1ccc(-c2ccnc3[nH]ccc23)s1.[3H][3H]. The number of hydrogen-bond acceptors (Lipinski definition) is 7. The fourth-order valence-corrected chi connectivity index (χ4v) is 5.92. The molecule has 0 bridgehead atoms. The van der Waals surface area contributed by atoms with Crippen LogP contribution >= 0.6 is 22.7 Å². The summed E-state index contributed by atoms with van der Waals surface area (Å²) in [5.74, 6) is -1.03. The van der Waals surface area contributed by atoms with E-state index in [4.69, 9.17) is 8.08 Å². The number of carboxylic acids is 1. The van der Waals surface area contributed by atoms with Crippen LogP contribution in [-0.4, -0.2) is 54.7 Å². The van der Waals surface area contributed by atoms with Crippen LogP contribution in [0, 0.1) is 0 Å². The van der Waals surface area contributed by atoms with Gasteiger partial charge in [0.2, 0.25) is 0 Å². The van der Waals surface area contributed by atoms with Gasteiger partial charge in [-0.3, -0.25) is 4.79 Å². The van der Waals surface area contributed by atoms with Crippen molar-refractivity contribution in [3.05, 3.63) is 83.1 Å². The van der Waals surface area contributed by atoms with Crippen molar-refractivity contribution >= 4 is 56.6 Å². The van der Waals surface area contributed by atoms with Crippen LogP contribution in [0.1, 0.15) is 43.1 Å². The Balaban J connectivity index is 0.000000218. The molecule has 5 N–H and O–H groups in total. The van der Waals surface area contributed by atoms with Gasteiger partial charge >= 0.3 is 5.97 Å². The van der Waals surface area contributed by atoms with Crippen molar-refractivity contribution in [1.82, 2.24) is 25.3 Å². The van der Waals surface area contributed by atoms with Crippen LogP contribution in [0.2, 0.25) is 0 Å². The van der Waals surface area contributed by atoms with Crippen LogP contribution in [0.3, 0.4) is 0 Å². The molecule has 0 radical (unpaired) electrons. The molecule has 0 fully saturated rings. The summed E-state index contributed by atoms with van der Waals surface area (Å²) >= 11 is 2.71. The Morgan fingerprint density at radius 1 is 0.900 bits per heavy atom. The van der Waals surface area contributed by atoms with Crippen molar-refractivity contribution in [1.29, 1.82) is 0 Å². The van der Waals surface area contributed by atoms with E-state index in [0.717, 1.165) is 42.9 Å². The maximum atomic E-state index is 12.2. The summed E-state index contributed by atoms with van der Waals surface area (Å²) in [6.07, 6.45) is 7.86. The molecule has 1 atom stereocenters. The molecule has 6 aromatic rings. The fraction of sp³-hybridized carbons (Fsp3) is 0.172. The van der Waals surface area contributed by atoms with Crippen molar-refractivity contribution in [2.45, 2.75) is 26.8 Å². The van der Waals surface area contributed by atoms with E-state index in [1.165, 1.54) is 22.7 Å². The third-order valence-electron chi connectivity index (χ3n) is 6.15. The predicted octanol–water partition coefficient (Wildman–Crippen LogP) is 6.66. The van der Waals surface area contributed by atoms with Gasteiger partial charge in [0.15, 0.2) is 0 Å². The Morgan fingerprint density at radius 3 is 1.90 bits per heavy atom. The highest BCUT2D eigenvalue weighted by Crippen LogP contribution is 2.33. The van der Waals surface area contributed by atoms with E-state index in [1.54, 1.807) is 18.5 Å². The second-order valence-electron chi connectivity index (χ2n) is 8.59. The number of aromatic carboxylic acids is 1. The van der Waals surface area contributed by atoms with Gasteiger partial charge in [-0.15, -0.1) is 22.7 Å². The zero-order valence-electron chi connectivity index (χ0n) is 22.8. The summed E-state index contributed by atoms with van der Waals surface area (Å²) in [5, 5.41) is 23.0. The maximum Gasteiger partial charge on any atom is 0.345 e. The average Bonchev–Trinajstić information content (AvgIpc) is 3.82. The summed E-state index contributed by atoms with van der Waals surface area (Å²) < 4.78 is 10.0. The highest BCUT2D eigenvalue weighted by molar-refractivity contribution is 7.17. The van der Waals surface area contributed by atoms with Gasteiger partial charge < -0.3 is 25.5 Å². The third kappa shape index (κ3) is 5.96. The molecule has 9 nitrogen and oxygen atoms in total. The van der Waals surface area contributed by atoms with Gasteiger partial charge in [-0.2, -0.15) is 0 Å². The van der Waals surface area contributed by atoms with E-state index in [1.807, 2.05) is 61.8 Å². The minimum atomic E-state index is -0.888. The second-order valence-corrected chi connectivity index (χ2v) is 10.8. The van der Waals surface area contributed by atoms with Gasteiger partial charge in [-0.25, -0.2) is 14.8 Å². The van der Waals surface area contributed by atoms with E-state index < -0.39 is 5.97 Å². The quantitative estimate of drug-likeness (QED) is 0.143. The lowest BCUT2D eigenvalue weighted by Crippen LogP contribution is -2.36. The molecule has 6 heterocycles. The smallest absolute Gasteiger partial charge is 0.345 e. The molecule has 0 aliphatic heterocycles. The number of aliphatic hydroxyl groups is 1. The molecule has 0 saturated carbocycles. The number of thiophene rings is 2. The molecule has 11 heteroatoms. The van der Waals surface area contributed by atoms with Crippen molar-refractivity contribution in [2.75, 3.05) is 6.61 Å². The highest BCUT2D eigenvalue weighted by atomic mass is 32.1. The van der Waals surface area contributed by atoms with Crippen LogP contribution in [-0.2, 0) is 0 Å². The van der Waals surface area contributed by atoms with E-state index in [-0.39, 0.29) is 26.0 Å². The highest BCUT2D eigenvalue weighted by Gasteiger charge is 2.15. The first-order chi connectivity index (χ1) is 20.0. The first-order valence-electron chi connectivity index (χ1n) is 13.2. The Hall–Kier alpha value is -4.32. The number of carbonyl (C=O) groups is 2. The number of carbonyl (C=O) groups excluding carboxylic acids is 1. The Labute approximate surface area is 241 Å². The van der Waals surface area contributed by atoms with Crippen molar-refractivity contribution in [2.24, 2.45) is 0 Å². The number of hydrogen-bond donors (Lipinski definition) is 5. The molecule has 0 saturated heterocycles. The molecule has 6 aromatic heterocycles. The Morgan fingerprint density at radius 2 is 1.43 bits per heavy atom. The molecular formula is C29H31N5O4S2. The molecule has 6 rings (SSSR count). The largest absolute Gasteiger partial charge is 0.477 e. The van der Waals surface area contributed by atoms with Crippen molar-refractivity contribution < 1.29 is 22.8 Å². The average molecular weight is 582 g/mol. The number of nitrogens with zero attached hydrogens (tertiary/aromatic N) is 2. The monoisotopic (exact) mass is 581 g/mol. The van der Waals surface area contributed by atoms with E-state index in [0.29, 0.717) is 16.2 Å². The van der Waals surface area contributed by atoms with Gasteiger partial charge in [0, 0.05) is 59.4 Å². The molecular weight excluding hydrogens is 546 g/mol. The van der Waals surface area contributed by atoms with E-state index in [2.05, 4.69) is 25.3 Å². The zero-order chi connectivity index (χ0) is 29.4. The normalized spacial score (nSPS) is 11.7. The maximum absolute atomic E-state index is 12.2. The van der Waals surface area contributed by atoms with Crippen molar-refractivity contribution in [3.63, 3.8) is 0 Å². The van der Waals surface area contributed by atoms with Gasteiger partial charge in [-0.1, -0.05) is 14.4 Å². The summed E-state index contributed by atoms with van der Waals surface area (Å²) in [7, 11) is 0. The predicted molar refractivity (Wildman–Crippen MR) is 163 cm³/mol. The van der Waals surface area contributed by atoms with E-state index >= 15 is 0 Å². The molecule has 0 aliphatic carbocycles. The molecule has 1 amide bonds. The van der Waals surface area contributed by atoms with Gasteiger partial charge in [0.25, 0.3) is 5.91 Å². The lowest BCUT2D eigenvalue weighted by atomic mass is 10.1. The van der Waals surface area contributed by atoms with Crippen LogP contribution in [0.4, 0.5) is 0 Å². The molecule has 0 aromatic carbocycles. The molecule has 1 unspecified atom stereocenters. The minimum absolute atomic E-state index is 0. The topological polar surface area (TPSA) is 144 Å². The standard InChI is InChI=1S/C16H17N3O2S.C12H8N2O2S.CH4.H2/c1-2-10(9-20)19-16(21)14-4-3-13(22-14)11-5-7-17-15-12(11)6-8-18-15;15-12(16)10-2-1-9(17-10)7-3-5-13-11-8(7)4-6-14-11;;/h3-8,10,20H,2,9H2,1H3,(H,17,18)(H,19,21);1-6H,(H,13,14)(H,15,16);1H4;1H/i;;;1+2T. The summed E-state index contributed by atoms with van der Waals surface area (Å²) in [6, 6.07) is 14.8. The minimum Gasteiger partial charge on any atom is -0.477 e. The first-order valence-corrected chi connectivity index (χ1v) is 13.8. The number of amides is 1. The third-order valence-corrected chi connectivity index (χ3v) is 8.37. The van der Waals surface area contributed by atoms with Crippen molar-refractivity contribution in [3.8, 4) is 20.9 Å². The van der Waals surface area contributed by atoms with E-state index in [9.17, 15) is 14.7 Å². The Bertz CT molecular complexity index is 1760. The molecule has 208 valence electrons. The van der Waals surface area contributed by atoms with Crippen LogP contribution in [0.25, 0.3) is 42.9 Å². The zero-order valence-corrected chi connectivity index (χ0v) is 22.5. The lowest BCUT2D eigenvalue weighted by Gasteiger charge is -2.12. The number of pyridine rings is 2. The number of rotatable bonds is 7. The number of aliphatic hydroxyl groups excluding tert-OH is 1. The first kappa shape index (κ1) is 27.3. The summed E-state index contributed by atoms with van der Waals surface area (Å²) in [5.41, 5.74) is 3.72. The van der Waals surface area contributed by atoms with Gasteiger partial charge in [0.05, 0.1) is 17.5 Å². The van der Waals surface area contributed by atoms with Crippen LogP contribution in [0.5, 0.6) is 0 Å². The molecule has 0 aliphatic rings. The molecule has 0 spiro atoms. The summed E-state index contributed by atoms with van der Waals surface area (Å²) in [6.45, 7) is 1.88.